The van der Waals surface area contributed by atoms with Crippen LogP contribution in [0.5, 0.6) is 0 Å². The predicted octanol–water partition coefficient (Wildman–Crippen LogP) is 6.22. The van der Waals surface area contributed by atoms with Crippen molar-refractivity contribution in [1.29, 1.82) is 0 Å². The van der Waals surface area contributed by atoms with E-state index in [-0.39, 0.29) is 6.42 Å². The van der Waals surface area contributed by atoms with Crippen LogP contribution in [0, 0.1) is 5.41 Å². The van der Waals surface area contributed by atoms with E-state index >= 15 is 0 Å². The van der Waals surface area contributed by atoms with Crippen molar-refractivity contribution in [2.24, 2.45) is 5.41 Å². The van der Waals surface area contributed by atoms with Gasteiger partial charge in [-0.1, -0.05) is 13.5 Å². The third kappa shape index (κ3) is 4.00. The van der Waals surface area contributed by atoms with E-state index in [1.165, 1.54) is 6.92 Å². The Morgan fingerprint density at radius 3 is 1.38 bits per heavy atom. The van der Waals surface area contributed by atoms with E-state index in [2.05, 4.69) is 4.74 Å². The third-order valence-corrected chi connectivity index (χ3v) is 3.94. The van der Waals surface area contributed by atoms with Gasteiger partial charge < -0.3 is 4.74 Å². The average molecular weight is 460 g/mol. The van der Waals surface area contributed by atoms with Crippen molar-refractivity contribution in [3.8, 4) is 0 Å². The Bertz CT molecular complexity index is 646. The largest absolute Gasteiger partial charge is 0.460 e. The zero-order valence-electron chi connectivity index (χ0n) is 14.6. The second-order valence-corrected chi connectivity index (χ2v) is 6.42. The van der Waals surface area contributed by atoms with E-state index < -0.39 is 52.9 Å². The molecule has 0 heterocycles. The highest BCUT2D eigenvalue weighted by molar-refractivity contribution is 5.77. The first-order valence-corrected chi connectivity index (χ1v) is 7.23. The first kappa shape index (κ1) is 27.3. The van der Waals surface area contributed by atoms with Gasteiger partial charge in [0.2, 0.25) is 0 Å². The van der Waals surface area contributed by atoms with Gasteiger partial charge in [0.1, 0.15) is 0 Å². The minimum absolute atomic E-state index is 0.187. The topological polar surface area (TPSA) is 26.3 Å². The van der Waals surface area contributed by atoms with Crippen LogP contribution in [0.25, 0.3) is 0 Å². The number of carbonyl (C=O) groups excluding carboxylic acids is 1. The zero-order chi connectivity index (χ0) is 24.1. The quantitative estimate of drug-likeness (QED) is 0.244. The van der Waals surface area contributed by atoms with E-state index in [0.717, 1.165) is 13.8 Å². The summed E-state index contributed by atoms with van der Waals surface area (Å²) in [5, 5.41) is 0. The molecule has 0 N–H and O–H groups in total. The molecule has 0 radical (unpaired) electrons. The summed E-state index contributed by atoms with van der Waals surface area (Å²) in [5.74, 6) is -42.7. The molecule has 0 spiro atoms. The minimum atomic E-state index is -8.03. The molecule has 0 aliphatic heterocycles. The monoisotopic (exact) mass is 460 g/mol. The SMILES string of the molecule is C=C(OC(=O)C(C)(C)CC)C(F)(F)C(F)(F)C(F)(F)C(F)(F)C(F)(F)C(F)(F)F. The predicted molar refractivity (Wildman–Crippen MR) is 70.1 cm³/mol. The molecule has 0 aliphatic carbocycles. The van der Waals surface area contributed by atoms with Crippen LogP contribution >= 0.6 is 0 Å². The van der Waals surface area contributed by atoms with Gasteiger partial charge in [-0.15, -0.1) is 0 Å². The van der Waals surface area contributed by atoms with Crippen LogP contribution < -0.4 is 0 Å². The fourth-order valence-electron chi connectivity index (χ4n) is 1.40. The summed E-state index contributed by atoms with van der Waals surface area (Å²) in [4.78, 5) is 11.6. The van der Waals surface area contributed by atoms with E-state index in [4.69, 9.17) is 0 Å². The van der Waals surface area contributed by atoms with Crippen LogP contribution in [0.3, 0.4) is 0 Å². The molecule has 0 rings (SSSR count). The molecule has 0 bridgehead atoms. The normalized spacial score (nSPS) is 15.3. The van der Waals surface area contributed by atoms with E-state index in [1.54, 1.807) is 0 Å². The minimum Gasteiger partial charge on any atom is -0.425 e. The summed E-state index contributed by atoms with van der Waals surface area (Å²) in [5.41, 5.74) is -1.69. The second kappa shape index (κ2) is 7.22. The molecule has 0 amide bonds. The van der Waals surface area contributed by atoms with Gasteiger partial charge in [0.15, 0.2) is 5.76 Å². The van der Waals surface area contributed by atoms with Gasteiger partial charge in [0, 0.05) is 0 Å². The molecule has 0 saturated heterocycles. The van der Waals surface area contributed by atoms with E-state index in [0.29, 0.717) is 0 Å². The molecule has 29 heavy (non-hydrogen) atoms. The van der Waals surface area contributed by atoms with Crippen LogP contribution in [-0.2, 0) is 9.53 Å². The number of hydrogen-bond acceptors (Lipinski definition) is 2. The lowest BCUT2D eigenvalue weighted by Gasteiger charge is -2.39. The van der Waals surface area contributed by atoms with Gasteiger partial charge in [-0.3, -0.25) is 4.79 Å². The molecule has 2 nitrogen and oxygen atoms in total. The van der Waals surface area contributed by atoms with Gasteiger partial charge in [0.05, 0.1) is 5.41 Å². The van der Waals surface area contributed by atoms with Crippen LogP contribution in [0.1, 0.15) is 27.2 Å². The Labute approximate surface area is 154 Å². The molecule has 0 aliphatic rings. The number of ether oxygens (including phenoxy) is 1. The summed E-state index contributed by atoms with van der Waals surface area (Å²) >= 11 is 0. The van der Waals surface area contributed by atoms with Gasteiger partial charge >= 0.3 is 41.8 Å². The number of rotatable bonds is 8. The Morgan fingerprint density at radius 2 is 1.07 bits per heavy atom. The van der Waals surface area contributed by atoms with Gasteiger partial charge in [-0.05, 0) is 20.3 Å². The highest BCUT2D eigenvalue weighted by atomic mass is 19.4. The van der Waals surface area contributed by atoms with Crippen molar-refractivity contribution >= 4 is 5.97 Å². The van der Waals surface area contributed by atoms with Crippen molar-refractivity contribution < 1.29 is 66.6 Å². The molecule has 172 valence electrons. The molecule has 0 unspecified atom stereocenters. The van der Waals surface area contributed by atoms with E-state index in [9.17, 15) is 61.9 Å². The lowest BCUT2D eigenvalue weighted by Crippen LogP contribution is -2.70. The fraction of sp³-hybridized carbons (Fsp3) is 0.786. The molecule has 0 aromatic rings. The van der Waals surface area contributed by atoms with Gasteiger partial charge in [-0.2, -0.15) is 57.1 Å². The first-order valence-electron chi connectivity index (χ1n) is 7.23. The van der Waals surface area contributed by atoms with Gasteiger partial charge in [-0.25, -0.2) is 0 Å². The standard InChI is InChI=1S/C14H13F13O2/c1-5-8(3,4)7(28)29-6(2)9(15,16)10(17,18)11(19,20)12(21,22)13(23,24)14(25,26)27/h2,5H2,1,3-4H3. The summed E-state index contributed by atoms with van der Waals surface area (Å²) in [6, 6.07) is 0. The summed E-state index contributed by atoms with van der Waals surface area (Å²) < 4.78 is 172. The Kier molecular flexibility index (Phi) is 6.79. The number of allylic oxidation sites excluding steroid dienone is 1. The third-order valence-electron chi connectivity index (χ3n) is 3.94. The van der Waals surface area contributed by atoms with Crippen molar-refractivity contribution in [2.45, 2.75) is 63.0 Å². The number of alkyl halides is 13. The maximum absolute atomic E-state index is 13.7. The number of halogens is 13. The molecular formula is C14H13F13O2. The van der Waals surface area contributed by atoms with Crippen LogP contribution in [0.15, 0.2) is 12.3 Å². The number of hydrogen-bond donors (Lipinski definition) is 0. The number of esters is 1. The average Bonchev–Trinajstić information content (AvgIpc) is 2.52. The van der Waals surface area contributed by atoms with Gasteiger partial charge in [0.25, 0.3) is 0 Å². The molecule has 0 aromatic heterocycles. The number of carbonyl (C=O) groups is 1. The van der Waals surface area contributed by atoms with Crippen LogP contribution in [0.2, 0.25) is 0 Å². The van der Waals surface area contributed by atoms with Crippen molar-refractivity contribution in [2.75, 3.05) is 0 Å². The fourth-order valence-corrected chi connectivity index (χ4v) is 1.40. The summed E-state index contributed by atoms with van der Waals surface area (Å²) in [6.45, 7) is 5.31. The smallest absolute Gasteiger partial charge is 0.425 e. The molecule has 0 saturated carbocycles. The van der Waals surface area contributed by atoms with Crippen molar-refractivity contribution in [3.05, 3.63) is 12.3 Å². The highest BCUT2D eigenvalue weighted by Gasteiger charge is 2.91. The molecule has 15 heteroatoms. The Morgan fingerprint density at radius 1 is 0.724 bits per heavy atom. The second-order valence-electron chi connectivity index (χ2n) is 6.42. The molecule has 0 fully saturated rings. The maximum atomic E-state index is 13.7. The first-order chi connectivity index (χ1) is 12.4. The summed E-state index contributed by atoms with van der Waals surface area (Å²) in [6.07, 6.45) is -7.69. The van der Waals surface area contributed by atoms with Crippen LogP contribution in [-0.4, -0.2) is 41.8 Å². The molecule has 0 aromatic carbocycles. The summed E-state index contributed by atoms with van der Waals surface area (Å²) in [7, 11) is 0. The van der Waals surface area contributed by atoms with Crippen LogP contribution in [0.4, 0.5) is 57.1 Å². The lowest BCUT2D eigenvalue weighted by molar-refractivity contribution is -0.438. The maximum Gasteiger partial charge on any atom is 0.460 e. The molecular weight excluding hydrogens is 447 g/mol. The van der Waals surface area contributed by atoms with Crippen molar-refractivity contribution in [1.82, 2.24) is 0 Å². The highest BCUT2D eigenvalue weighted by Crippen LogP contribution is 2.61. The zero-order valence-corrected chi connectivity index (χ0v) is 14.6. The Hall–Kier alpha value is -1.70. The Balaban J connectivity index is 6.24. The van der Waals surface area contributed by atoms with E-state index in [1.807, 2.05) is 6.58 Å². The van der Waals surface area contributed by atoms with Crippen molar-refractivity contribution in [3.63, 3.8) is 0 Å². The molecule has 0 atom stereocenters. The lowest BCUT2D eigenvalue weighted by atomic mass is 9.90.